The molecule has 3 aromatic rings. The zero-order valence-corrected chi connectivity index (χ0v) is 16.4. The normalized spacial score (nSPS) is 11.7. The lowest BCUT2D eigenvalue weighted by atomic mass is 10.2. The van der Waals surface area contributed by atoms with Gasteiger partial charge in [-0.2, -0.15) is 16.3 Å². The Morgan fingerprint density at radius 1 is 1.22 bits per heavy atom. The number of aryl methyl sites for hydroxylation is 1. The summed E-state index contributed by atoms with van der Waals surface area (Å²) in [6.07, 6.45) is 0.485. The molecule has 2 aromatic heterocycles. The van der Waals surface area contributed by atoms with E-state index in [4.69, 9.17) is 4.52 Å². The fraction of sp³-hybridized carbons (Fsp3) is 0.235. The number of anilines is 1. The van der Waals surface area contributed by atoms with E-state index in [2.05, 4.69) is 15.5 Å². The number of carbonyl (C=O) groups excluding carboxylic acids is 1. The molecule has 10 heteroatoms. The van der Waals surface area contributed by atoms with Crippen molar-refractivity contribution in [2.45, 2.75) is 17.7 Å². The minimum Gasteiger partial charge on any atom is -0.339 e. The summed E-state index contributed by atoms with van der Waals surface area (Å²) in [4.78, 5) is 16.5. The molecule has 0 radical (unpaired) electrons. The number of hydrogen-bond acceptors (Lipinski definition) is 7. The van der Waals surface area contributed by atoms with E-state index in [1.165, 1.54) is 26.2 Å². The molecule has 0 spiro atoms. The smallest absolute Gasteiger partial charge is 0.242 e. The SMILES string of the molecule is CN(C)S(=O)(=O)c1ccc(NC(=O)CCc2nc(-c3ccsc3)no2)cc1. The molecule has 3 rings (SSSR count). The van der Waals surface area contributed by atoms with Crippen LogP contribution in [-0.2, 0) is 21.2 Å². The van der Waals surface area contributed by atoms with E-state index in [1.54, 1.807) is 23.5 Å². The number of amides is 1. The maximum atomic E-state index is 12.1. The van der Waals surface area contributed by atoms with Crippen LogP contribution in [-0.4, -0.2) is 42.9 Å². The van der Waals surface area contributed by atoms with Crippen molar-refractivity contribution in [3.63, 3.8) is 0 Å². The fourth-order valence-electron chi connectivity index (χ4n) is 2.23. The highest BCUT2D eigenvalue weighted by Crippen LogP contribution is 2.19. The average molecular weight is 406 g/mol. The maximum absolute atomic E-state index is 12.1. The molecule has 1 N–H and O–H groups in total. The van der Waals surface area contributed by atoms with Gasteiger partial charge in [-0.1, -0.05) is 5.16 Å². The van der Waals surface area contributed by atoms with Gasteiger partial charge in [0.1, 0.15) is 0 Å². The third-order valence-electron chi connectivity index (χ3n) is 3.73. The number of benzene rings is 1. The number of carbonyl (C=O) groups is 1. The van der Waals surface area contributed by atoms with Crippen molar-refractivity contribution in [1.29, 1.82) is 0 Å². The van der Waals surface area contributed by atoms with Gasteiger partial charge in [-0.15, -0.1) is 0 Å². The van der Waals surface area contributed by atoms with Gasteiger partial charge in [0.05, 0.1) is 4.90 Å². The summed E-state index contributed by atoms with van der Waals surface area (Å²) in [5.74, 6) is 0.664. The molecule has 0 saturated carbocycles. The number of rotatable bonds is 7. The lowest BCUT2D eigenvalue weighted by molar-refractivity contribution is -0.116. The van der Waals surface area contributed by atoms with E-state index in [1.807, 2.05) is 16.8 Å². The Balaban J connectivity index is 1.55. The highest BCUT2D eigenvalue weighted by Gasteiger charge is 2.17. The summed E-state index contributed by atoms with van der Waals surface area (Å²) in [6, 6.07) is 7.91. The molecule has 0 saturated heterocycles. The molecule has 0 aliphatic rings. The van der Waals surface area contributed by atoms with Gasteiger partial charge in [0.2, 0.25) is 27.6 Å². The lowest BCUT2D eigenvalue weighted by Gasteiger charge is -2.11. The van der Waals surface area contributed by atoms with Crippen LogP contribution in [0.2, 0.25) is 0 Å². The van der Waals surface area contributed by atoms with Crippen molar-refractivity contribution in [2.75, 3.05) is 19.4 Å². The Kier molecular flexibility index (Phi) is 5.68. The Bertz CT molecular complexity index is 1010. The first kappa shape index (κ1) is 19.2. The van der Waals surface area contributed by atoms with Gasteiger partial charge in [0.15, 0.2) is 0 Å². The Labute approximate surface area is 160 Å². The van der Waals surface area contributed by atoms with Crippen LogP contribution in [0.4, 0.5) is 5.69 Å². The van der Waals surface area contributed by atoms with Gasteiger partial charge in [-0.25, -0.2) is 12.7 Å². The average Bonchev–Trinajstić information content (AvgIpc) is 3.32. The second-order valence-electron chi connectivity index (χ2n) is 5.88. The molecule has 27 heavy (non-hydrogen) atoms. The molecular weight excluding hydrogens is 388 g/mol. The second kappa shape index (κ2) is 7.99. The minimum atomic E-state index is -3.49. The van der Waals surface area contributed by atoms with Crippen LogP contribution >= 0.6 is 11.3 Å². The Morgan fingerprint density at radius 3 is 2.59 bits per heavy atom. The van der Waals surface area contributed by atoms with E-state index in [-0.39, 0.29) is 17.2 Å². The van der Waals surface area contributed by atoms with Crippen molar-refractivity contribution < 1.29 is 17.7 Å². The standard InChI is InChI=1S/C17H18N4O4S2/c1-21(2)27(23,24)14-5-3-13(4-6-14)18-15(22)7-8-16-19-17(20-25-16)12-9-10-26-11-12/h3-6,9-11H,7-8H2,1-2H3,(H,18,22). The van der Waals surface area contributed by atoms with Crippen molar-refractivity contribution >= 4 is 33.0 Å². The topological polar surface area (TPSA) is 105 Å². The lowest BCUT2D eigenvalue weighted by Crippen LogP contribution is -2.22. The summed E-state index contributed by atoms with van der Waals surface area (Å²) in [6.45, 7) is 0. The number of nitrogens with one attached hydrogen (secondary N) is 1. The molecule has 0 unspecified atom stereocenters. The molecule has 0 bridgehead atoms. The third-order valence-corrected chi connectivity index (χ3v) is 6.24. The molecule has 0 aliphatic carbocycles. The zero-order valence-electron chi connectivity index (χ0n) is 14.7. The minimum absolute atomic E-state index is 0.164. The van der Waals surface area contributed by atoms with Crippen LogP contribution < -0.4 is 5.32 Å². The van der Waals surface area contributed by atoms with E-state index >= 15 is 0 Å². The van der Waals surface area contributed by atoms with E-state index in [9.17, 15) is 13.2 Å². The van der Waals surface area contributed by atoms with Crippen LogP contribution in [0.15, 0.2) is 50.5 Å². The van der Waals surface area contributed by atoms with Gasteiger partial charge >= 0.3 is 0 Å². The predicted molar refractivity (Wildman–Crippen MR) is 102 cm³/mol. The van der Waals surface area contributed by atoms with Gasteiger partial charge < -0.3 is 9.84 Å². The van der Waals surface area contributed by atoms with Crippen LogP contribution in [0.3, 0.4) is 0 Å². The van der Waals surface area contributed by atoms with Gasteiger partial charge in [-0.3, -0.25) is 4.79 Å². The highest BCUT2D eigenvalue weighted by molar-refractivity contribution is 7.89. The first-order valence-corrected chi connectivity index (χ1v) is 10.4. The Morgan fingerprint density at radius 2 is 1.96 bits per heavy atom. The van der Waals surface area contributed by atoms with Gasteiger partial charge in [0.25, 0.3) is 0 Å². The number of nitrogens with zero attached hydrogens (tertiary/aromatic N) is 3. The van der Waals surface area contributed by atoms with Gasteiger partial charge in [-0.05, 0) is 35.7 Å². The van der Waals surface area contributed by atoms with E-state index < -0.39 is 10.0 Å². The first-order chi connectivity index (χ1) is 12.9. The Hall–Kier alpha value is -2.56. The molecule has 8 nitrogen and oxygen atoms in total. The number of sulfonamides is 1. The predicted octanol–water partition coefficient (Wildman–Crippen LogP) is 2.62. The number of thiophene rings is 1. The molecule has 1 aromatic carbocycles. The second-order valence-corrected chi connectivity index (χ2v) is 8.82. The van der Waals surface area contributed by atoms with E-state index in [0.717, 1.165) is 9.87 Å². The van der Waals surface area contributed by atoms with Crippen LogP contribution in [0.5, 0.6) is 0 Å². The van der Waals surface area contributed by atoms with Crippen molar-refractivity contribution in [1.82, 2.24) is 14.4 Å². The van der Waals surface area contributed by atoms with Crippen LogP contribution in [0, 0.1) is 0 Å². The molecule has 0 aliphatic heterocycles. The molecule has 2 heterocycles. The number of aromatic nitrogens is 2. The molecule has 1 amide bonds. The summed E-state index contributed by atoms with van der Waals surface area (Å²) in [5.41, 5.74) is 1.40. The van der Waals surface area contributed by atoms with E-state index in [0.29, 0.717) is 23.8 Å². The maximum Gasteiger partial charge on any atom is 0.242 e. The van der Waals surface area contributed by atoms with Gasteiger partial charge in [0, 0.05) is 43.6 Å². The van der Waals surface area contributed by atoms with Crippen molar-refractivity contribution in [3.8, 4) is 11.4 Å². The summed E-state index contributed by atoms with van der Waals surface area (Å²) < 4.78 is 30.3. The van der Waals surface area contributed by atoms with Crippen LogP contribution in [0.25, 0.3) is 11.4 Å². The summed E-state index contributed by atoms with van der Waals surface area (Å²) in [5, 5.41) is 10.5. The van der Waals surface area contributed by atoms with Crippen molar-refractivity contribution in [3.05, 3.63) is 47.0 Å². The monoisotopic (exact) mass is 406 g/mol. The summed E-state index contributed by atoms with van der Waals surface area (Å²) in [7, 11) is -0.562. The molecular formula is C17H18N4O4S2. The largest absolute Gasteiger partial charge is 0.339 e. The molecule has 0 atom stereocenters. The summed E-state index contributed by atoms with van der Waals surface area (Å²) >= 11 is 1.54. The van der Waals surface area contributed by atoms with Crippen molar-refractivity contribution in [2.24, 2.45) is 0 Å². The number of hydrogen-bond donors (Lipinski definition) is 1. The third kappa shape index (κ3) is 4.59. The first-order valence-electron chi connectivity index (χ1n) is 8.04. The fourth-order valence-corrected chi connectivity index (χ4v) is 3.77. The molecule has 0 fully saturated rings. The highest BCUT2D eigenvalue weighted by atomic mass is 32.2. The zero-order chi connectivity index (χ0) is 19.4. The van der Waals surface area contributed by atoms with Crippen LogP contribution in [0.1, 0.15) is 12.3 Å². The quantitative estimate of drug-likeness (QED) is 0.647. The molecule has 142 valence electrons.